The number of nitrogens with one attached hydrogen (secondary N) is 3. The maximum Gasteiger partial charge on any atom is 0.439 e. The zero-order chi connectivity index (χ0) is 36.0. The highest BCUT2D eigenvalue weighted by atomic mass is 35.5. The van der Waals surface area contributed by atoms with Gasteiger partial charge in [0.05, 0.1) is 6.20 Å². The number of carboxylic acid groups (broad SMARTS) is 1. The fourth-order valence-corrected chi connectivity index (χ4v) is 6.17. The molecule has 0 radical (unpaired) electrons. The molecule has 9 N–H and O–H groups in total. The van der Waals surface area contributed by atoms with Crippen LogP contribution in [0.4, 0.5) is 11.4 Å². The lowest BCUT2D eigenvalue weighted by Gasteiger charge is -2.30. The van der Waals surface area contributed by atoms with E-state index >= 15 is 0 Å². The maximum absolute atomic E-state index is 12.7. The van der Waals surface area contributed by atoms with Crippen LogP contribution in [-0.2, 0) is 25.9 Å². The van der Waals surface area contributed by atoms with Crippen LogP contribution in [0.25, 0.3) is 17.2 Å². The quantitative estimate of drug-likeness (QED) is 0.114. The van der Waals surface area contributed by atoms with E-state index in [1.54, 1.807) is 5.01 Å². The van der Waals surface area contributed by atoms with Gasteiger partial charge in [-0.05, 0) is 53.1 Å². The van der Waals surface area contributed by atoms with Crippen molar-refractivity contribution in [2.75, 3.05) is 17.7 Å². The molecule has 2 aliphatic rings. The minimum atomic E-state index is -1.35. The summed E-state index contributed by atoms with van der Waals surface area (Å²) in [6, 6.07) is 12.9. The first kappa shape index (κ1) is 37.9. The lowest BCUT2D eigenvalue weighted by atomic mass is 9.98. The molecule has 8 rings (SSSR count). The van der Waals surface area contributed by atoms with E-state index in [4.69, 9.17) is 11.5 Å². The molecule has 0 unspecified atom stereocenters. The van der Waals surface area contributed by atoms with Gasteiger partial charge in [0.1, 0.15) is 22.8 Å². The van der Waals surface area contributed by atoms with Crippen LogP contribution in [-0.4, -0.2) is 58.2 Å². The van der Waals surface area contributed by atoms with Crippen molar-refractivity contribution >= 4 is 41.4 Å². The number of aromatic nitrogens is 5. The van der Waals surface area contributed by atoms with Gasteiger partial charge in [-0.3, -0.25) is 23.9 Å². The number of aromatic carboxylic acids is 1. The van der Waals surface area contributed by atoms with Crippen LogP contribution in [0.15, 0.2) is 67.6 Å². The lowest BCUT2D eigenvalue weighted by Crippen LogP contribution is -2.43. The van der Waals surface area contributed by atoms with Gasteiger partial charge in [-0.15, -0.1) is 12.4 Å². The highest BCUT2D eigenvalue weighted by molar-refractivity contribution is 5.96. The second-order valence-electron chi connectivity index (χ2n) is 12.1. The van der Waals surface area contributed by atoms with Crippen molar-refractivity contribution < 1.29 is 24.3 Å². The Balaban J connectivity index is 0.000000252. The zero-order valence-corrected chi connectivity index (χ0v) is 27.9. The fraction of sp³-hybridized carbons (Fsp3) is 0.235. The Morgan fingerprint density at radius 1 is 1.04 bits per heavy atom. The van der Waals surface area contributed by atoms with Crippen LogP contribution in [0, 0.1) is 0 Å². The van der Waals surface area contributed by atoms with Gasteiger partial charge >= 0.3 is 11.7 Å². The van der Waals surface area contributed by atoms with E-state index in [-0.39, 0.29) is 61.0 Å². The molecule has 3 aromatic carbocycles. The number of carbonyl (C=O) groups excluding carboxylic acids is 1. The number of carboxylic acids is 1. The molecule has 4 heterocycles. The van der Waals surface area contributed by atoms with E-state index in [2.05, 4.69) is 35.4 Å². The summed E-state index contributed by atoms with van der Waals surface area (Å²) < 4.78 is 5.40. The van der Waals surface area contributed by atoms with Crippen molar-refractivity contribution in [1.29, 1.82) is 0 Å². The average molecular weight is 747 g/mol. The number of imidazole rings is 1. The second-order valence-corrected chi connectivity index (χ2v) is 12.1. The number of benzene rings is 2. The molecule has 18 nitrogen and oxygen atoms in total. The van der Waals surface area contributed by atoms with Crippen molar-refractivity contribution in [3.63, 3.8) is 0 Å². The molecule has 0 bridgehead atoms. The number of nitrogen functional groups attached to an aromatic ring is 1. The summed E-state index contributed by atoms with van der Waals surface area (Å²) in [5.41, 5.74) is 18.9. The predicted octanol–water partition coefficient (Wildman–Crippen LogP) is 1.66. The number of hydrazine groups is 1. The summed E-state index contributed by atoms with van der Waals surface area (Å²) in [6.07, 6.45) is 3.72. The molecule has 1 amide bonds. The van der Waals surface area contributed by atoms with Gasteiger partial charge in [0.25, 0.3) is 16.8 Å². The zero-order valence-electron chi connectivity index (χ0n) is 27.1. The fourth-order valence-electron chi connectivity index (χ4n) is 6.17. The van der Waals surface area contributed by atoms with Crippen LogP contribution in [0.5, 0.6) is 5.88 Å². The summed E-state index contributed by atoms with van der Waals surface area (Å²) in [7, 11) is 0. The highest BCUT2D eigenvalue weighted by Crippen LogP contribution is 2.31. The molecule has 276 valence electrons. The van der Waals surface area contributed by atoms with Gasteiger partial charge in [0.15, 0.2) is 5.82 Å². The number of H-pyrrole nitrogens is 1. The molecule has 53 heavy (non-hydrogen) atoms. The number of hydrogen-bond donors (Lipinski definition) is 7. The van der Waals surface area contributed by atoms with Crippen molar-refractivity contribution in [3.8, 4) is 17.3 Å². The molecular weight excluding hydrogens is 712 g/mol. The molecule has 0 saturated carbocycles. The Bertz CT molecular complexity index is 2480. The van der Waals surface area contributed by atoms with Crippen LogP contribution in [0.1, 0.15) is 68.7 Å². The molecular formula is C34H35ClN10O8. The van der Waals surface area contributed by atoms with Crippen LogP contribution in [0.2, 0.25) is 0 Å². The van der Waals surface area contributed by atoms with Crippen LogP contribution < -0.4 is 38.8 Å². The SMILES string of the molecule is C.Cl.N[C@H]1CCc2cc(-c3noc(=O)[nH]3)ccc21.Nc1c(NN2CCc3ccc(CNC(=O)c4cc(C(=O)O)n5c(O)cnc5n4)cc3C2)c(=O)c1=O. The first-order chi connectivity index (χ1) is 24.5. The number of carbonyl (C=O) groups is 2. The monoisotopic (exact) mass is 746 g/mol. The van der Waals surface area contributed by atoms with Gasteiger partial charge in [-0.25, -0.2) is 29.0 Å². The number of amides is 1. The number of nitrogens with zero attached hydrogens (tertiary/aromatic N) is 5. The second kappa shape index (κ2) is 15.1. The number of halogens is 1. The normalized spacial score (nSPS) is 14.6. The third-order valence-corrected chi connectivity index (χ3v) is 8.85. The standard InChI is InChI=1S/C22H19N7O6.C11H11N3O2.CH4.ClH/c23-16-17(19(32)18(16)31)27-28-4-3-11-2-1-10(5-12(11)9-28)7-24-20(33)13-6-14(21(34)35)29-15(30)8-25-22(29)26-13;12-9-4-2-6-5-7(1-3-8(6)9)10-13-11(15)16-14-10;;/h1-2,5-6,8,27,30H,3-4,7,9,23H2,(H,24,33)(H,34,35);1,3,5,9H,2,4,12H2,(H,13,14,15);1H4;1H/t;9-;;/m.0../s1. The predicted molar refractivity (Wildman–Crippen MR) is 195 cm³/mol. The Morgan fingerprint density at radius 3 is 2.55 bits per heavy atom. The summed E-state index contributed by atoms with van der Waals surface area (Å²) in [5, 5.41) is 27.4. The van der Waals surface area contributed by atoms with Gasteiger partial charge in [0, 0.05) is 37.3 Å². The van der Waals surface area contributed by atoms with E-state index in [1.807, 2.05) is 36.4 Å². The summed E-state index contributed by atoms with van der Waals surface area (Å²) in [4.78, 5) is 68.4. The lowest BCUT2D eigenvalue weighted by molar-refractivity contribution is 0.0687. The first-order valence-electron chi connectivity index (χ1n) is 15.7. The smallest absolute Gasteiger partial charge is 0.439 e. The molecule has 0 fully saturated rings. The average Bonchev–Trinajstić information content (AvgIpc) is 3.86. The number of aromatic amines is 1. The minimum Gasteiger partial charge on any atom is -0.493 e. The van der Waals surface area contributed by atoms with E-state index in [1.165, 1.54) is 11.1 Å². The Morgan fingerprint density at radius 2 is 1.83 bits per heavy atom. The topological polar surface area (TPSA) is 277 Å². The maximum atomic E-state index is 12.7. The van der Waals surface area contributed by atoms with E-state index in [0.29, 0.717) is 25.3 Å². The molecule has 1 aliphatic carbocycles. The Kier molecular flexibility index (Phi) is 10.8. The number of aryl methyl sites for hydroxylation is 1. The minimum absolute atomic E-state index is 0. The number of nitrogens with two attached hydrogens (primary N) is 2. The third-order valence-electron chi connectivity index (χ3n) is 8.85. The number of fused-ring (bicyclic) bond motifs is 3. The van der Waals surface area contributed by atoms with Crippen molar-refractivity contribution in [3.05, 3.63) is 119 Å². The number of hydrogen-bond acceptors (Lipinski definition) is 14. The van der Waals surface area contributed by atoms with Gasteiger partial charge < -0.3 is 32.4 Å². The molecule has 1 atom stereocenters. The van der Waals surface area contributed by atoms with Crippen LogP contribution in [0.3, 0.4) is 0 Å². The molecule has 1 aliphatic heterocycles. The van der Waals surface area contributed by atoms with E-state index in [0.717, 1.165) is 51.8 Å². The summed E-state index contributed by atoms with van der Waals surface area (Å²) in [6.45, 7) is 1.23. The largest absolute Gasteiger partial charge is 0.493 e. The van der Waals surface area contributed by atoms with Gasteiger partial charge in [0.2, 0.25) is 11.7 Å². The molecule has 0 spiro atoms. The molecule has 0 saturated heterocycles. The van der Waals surface area contributed by atoms with E-state index in [9.17, 15) is 34.2 Å². The third kappa shape index (κ3) is 7.36. The number of rotatable bonds is 7. The molecule has 19 heteroatoms. The van der Waals surface area contributed by atoms with Crippen molar-refractivity contribution in [1.82, 2.24) is 34.8 Å². The van der Waals surface area contributed by atoms with Gasteiger partial charge in [-0.1, -0.05) is 42.9 Å². The summed E-state index contributed by atoms with van der Waals surface area (Å²) in [5.74, 6) is -2.54. The Hall–Kier alpha value is -6.37. The number of aromatic hydroxyl groups is 1. The van der Waals surface area contributed by atoms with E-state index < -0.39 is 34.4 Å². The Labute approximate surface area is 305 Å². The number of anilines is 2. The van der Waals surface area contributed by atoms with Gasteiger partial charge in [-0.2, -0.15) is 0 Å². The van der Waals surface area contributed by atoms with Crippen molar-refractivity contribution in [2.24, 2.45) is 5.73 Å². The van der Waals surface area contributed by atoms with Crippen LogP contribution >= 0.6 is 12.4 Å². The van der Waals surface area contributed by atoms with Crippen molar-refractivity contribution in [2.45, 2.75) is 45.8 Å². The molecule has 6 aromatic rings. The highest BCUT2D eigenvalue weighted by Gasteiger charge is 2.24. The summed E-state index contributed by atoms with van der Waals surface area (Å²) >= 11 is 0. The molecule has 3 aromatic heterocycles. The first-order valence-corrected chi connectivity index (χ1v) is 15.7.